The molecule has 4 rings (SSSR count). The Morgan fingerprint density at radius 1 is 1.09 bits per heavy atom. The van der Waals surface area contributed by atoms with Gasteiger partial charge in [-0.05, 0) is 24.3 Å². The number of fused-ring (bicyclic) bond motifs is 1. The van der Waals surface area contributed by atoms with Crippen LogP contribution in [0.1, 0.15) is 18.4 Å². The summed E-state index contributed by atoms with van der Waals surface area (Å²) in [6.45, 7) is 3.34. The first-order chi connectivity index (χ1) is 11.2. The van der Waals surface area contributed by atoms with Crippen LogP contribution in [-0.2, 0) is 16.0 Å². The maximum Gasteiger partial charge on any atom is 0.246 e. The Hall–Kier alpha value is -1.88. The Kier molecular flexibility index (Phi) is 3.81. The summed E-state index contributed by atoms with van der Waals surface area (Å²) in [6.07, 6.45) is 3.20. The molecule has 0 aromatic heterocycles. The fraction of sp³-hybridized carbons (Fsp3) is 0.556. The van der Waals surface area contributed by atoms with Crippen molar-refractivity contribution in [1.82, 2.24) is 15.1 Å². The summed E-state index contributed by atoms with van der Waals surface area (Å²) in [4.78, 5) is 29.4. The van der Waals surface area contributed by atoms with Crippen molar-refractivity contribution in [2.24, 2.45) is 5.92 Å². The highest BCUT2D eigenvalue weighted by atomic mass is 16.2. The Balaban J connectivity index is 1.43. The summed E-state index contributed by atoms with van der Waals surface area (Å²) in [5.41, 5.74) is 1.08. The van der Waals surface area contributed by atoms with Crippen LogP contribution in [0, 0.1) is 5.92 Å². The van der Waals surface area contributed by atoms with Gasteiger partial charge in [-0.3, -0.25) is 14.5 Å². The smallest absolute Gasteiger partial charge is 0.246 e. The minimum absolute atomic E-state index is 0.00558. The summed E-state index contributed by atoms with van der Waals surface area (Å²) in [7, 11) is 0. The van der Waals surface area contributed by atoms with Crippen molar-refractivity contribution in [1.29, 1.82) is 0 Å². The second kappa shape index (κ2) is 5.96. The summed E-state index contributed by atoms with van der Waals surface area (Å²) in [5.74, 6) is 0.894. The molecule has 0 radical (unpaired) electrons. The van der Waals surface area contributed by atoms with E-state index in [0.717, 1.165) is 24.6 Å². The Bertz CT molecular complexity index is 600. The number of benzene rings is 1. The van der Waals surface area contributed by atoms with Gasteiger partial charge in [-0.25, -0.2) is 0 Å². The molecule has 23 heavy (non-hydrogen) atoms. The highest BCUT2D eigenvalue weighted by Gasteiger charge is 2.43. The van der Waals surface area contributed by atoms with E-state index >= 15 is 0 Å². The number of carbonyl (C=O) groups is 2. The summed E-state index contributed by atoms with van der Waals surface area (Å²) < 4.78 is 0. The van der Waals surface area contributed by atoms with E-state index < -0.39 is 6.04 Å². The molecule has 0 unspecified atom stereocenters. The lowest BCUT2D eigenvalue weighted by Gasteiger charge is -2.45. The molecule has 1 aromatic carbocycles. The van der Waals surface area contributed by atoms with Crippen molar-refractivity contribution in [2.45, 2.75) is 31.3 Å². The normalized spacial score (nSPS) is 28.4. The summed E-state index contributed by atoms with van der Waals surface area (Å²) in [6, 6.07) is 9.16. The number of nitrogens with zero attached hydrogens (tertiary/aromatic N) is 2. The van der Waals surface area contributed by atoms with Gasteiger partial charge < -0.3 is 10.2 Å². The molecule has 3 fully saturated rings. The lowest BCUT2D eigenvalue weighted by Crippen LogP contribution is -2.69. The maximum absolute atomic E-state index is 12.7. The minimum atomic E-state index is -0.420. The van der Waals surface area contributed by atoms with Gasteiger partial charge in [-0.1, -0.05) is 30.3 Å². The van der Waals surface area contributed by atoms with Crippen LogP contribution in [0.25, 0.3) is 0 Å². The third-order valence-electron chi connectivity index (χ3n) is 5.16. The van der Waals surface area contributed by atoms with Gasteiger partial charge in [0.25, 0.3) is 0 Å². The van der Waals surface area contributed by atoms with Gasteiger partial charge in [0, 0.05) is 32.6 Å². The molecule has 2 aliphatic heterocycles. The van der Waals surface area contributed by atoms with Crippen LogP contribution >= 0.6 is 0 Å². The minimum Gasteiger partial charge on any atom is -0.342 e. The molecule has 1 aliphatic carbocycles. The van der Waals surface area contributed by atoms with Crippen molar-refractivity contribution in [2.75, 3.05) is 26.2 Å². The number of hydrogen-bond donors (Lipinski definition) is 1. The number of carbonyl (C=O) groups excluding carboxylic acids is 2. The van der Waals surface area contributed by atoms with Crippen LogP contribution in [-0.4, -0.2) is 59.9 Å². The zero-order chi connectivity index (χ0) is 15.8. The second-order valence-corrected chi connectivity index (χ2v) is 7.00. The Morgan fingerprint density at radius 3 is 2.61 bits per heavy atom. The molecule has 0 spiro atoms. The lowest BCUT2D eigenvalue weighted by atomic mass is 9.98. The standard InChI is InChI=1S/C18H23N3O2/c22-17-16-12-20(11-14-6-7-14)8-9-21(16)18(23)15(19-17)10-13-4-2-1-3-5-13/h1-5,14-16H,6-12H2,(H,19,22)/t15-,16-/m1/s1. The molecule has 2 atom stereocenters. The molecule has 1 N–H and O–H groups in total. The van der Waals surface area contributed by atoms with E-state index in [2.05, 4.69) is 10.2 Å². The first-order valence-corrected chi connectivity index (χ1v) is 8.58. The highest BCUT2D eigenvalue weighted by molar-refractivity contribution is 5.97. The van der Waals surface area contributed by atoms with E-state index in [1.165, 1.54) is 12.8 Å². The van der Waals surface area contributed by atoms with Crippen LogP contribution in [0.15, 0.2) is 30.3 Å². The predicted molar refractivity (Wildman–Crippen MR) is 86.7 cm³/mol. The van der Waals surface area contributed by atoms with Gasteiger partial charge in [0.15, 0.2) is 0 Å². The zero-order valence-electron chi connectivity index (χ0n) is 13.3. The van der Waals surface area contributed by atoms with Gasteiger partial charge in [0.05, 0.1) is 0 Å². The molecule has 1 aromatic rings. The number of nitrogens with one attached hydrogen (secondary N) is 1. The molecular weight excluding hydrogens is 290 g/mol. The molecular formula is C18H23N3O2. The molecule has 0 bridgehead atoms. The fourth-order valence-corrected chi connectivity index (χ4v) is 3.68. The van der Waals surface area contributed by atoms with Crippen LogP contribution in [0.5, 0.6) is 0 Å². The number of piperazine rings is 2. The zero-order valence-corrected chi connectivity index (χ0v) is 13.3. The van der Waals surface area contributed by atoms with Crippen molar-refractivity contribution in [3.63, 3.8) is 0 Å². The van der Waals surface area contributed by atoms with E-state index in [4.69, 9.17) is 0 Å². The van der Waals surface area contributed by atoms with Gasteiger partial charge in [0.1, 0.15) is 12.1 Å². The van der Waals surface area contributed by atoms with E-state index in [9.17, 15) is 9.59 Å². The average molecular weight is 313 g/mol. The molecule has 2 amide bonds. The molecule has 2 saturated heterocycles. The summed E-state index contributed by atoms with van der Waals surface area (Å²) >= 11 is 0. The molecule has 1 saturated carbocycles. The van der Waals surface area contributed by atoms with Crippen LogP contribution in [0.2, 0.25) is 0 Å². The van der Waals surface area contributed by atoms with Gasteiger partial charge >= 0.3 is 0 Å². The largest absolute Gasteiger partial charge is 0.342 e. The number of amides is 2. The topological polar surface area (TPSA) is 52.7 Å². The molecule has 5 nitrogen and oxygen atoms in total. The van der Waals surface area contributed by atoms with Gasteiger partial charge in [-0.2, -0.15) is 0 Å². The van der Waals surface area contributed by atoms with E-state index in [1.54, 1.807) is 4.90 Å². The van der Waals surface area contributed by atoms with Crippen LogP contribution < -0.4 is 5.32 Å². The molecule has 2 heterocycles. The number of rotatable bonds is 4. The van der Waals surface area contributed by atoms with E-state index in [-0.39, 0.29) is 17.9 Å². The molecule has 3 aliphatic rings. The highest BCUT2D eigenvalue weighted by Crippen LogP contribution is 2.30. The number of hydrogen-bond acceptors (Lipinski definition) is 3. The quantitative estimate of drug-likeness (QED) is 0.888. The monoisotopic (exact) mass is 313 g/mol. The van der Waals surface area contributed by atoms with Crippen molar-refractivity contribution in [3.05, 3.63) is 35.9 Å². The molecule has 5 heteroatoms. The lowest BCUT2D eigenvalue weighted by molar-refractivity contribution is -0.152. The van der Waals surface area contributed by atoms with Crippen molar-refractivity contribution < 1.29 is 9.59 Å². The van der Waals surface area contributed by atoms with Crippen molar-refractivity contribution in [3.8, 4) is 0 Å². The predicted octanol–water partition coefficient (Wildman–Crippen LogP) is 0.650. The third kappa shape index (κ3) is 3.11. The Morgan fingerprint density at radius 2 is 1.87 bits per heavy atom. The SMILES string of the molecule is O=C1N[C@H](Cc2ccccc2)C(=O)N2CCN(CC3CC3)C[C@H]12. The average Bonchev–Trinajstić information content (AvgIpc) is 3.37. The molecule has 122 valence electrons. The maximum atomic E-state index is 12.7. The van der Waals surface area contributed by atoms with Gasteiger partial charge in [-0.15, -0.1) is 0 Å². The Labute approximate surface area is 136 Å². The van der Waals surface area contributed by atoms with Crippen molar-refractivity contribution >= 4 is 11.8 Å². The second-order valence-electron chi connectivity index (χ2n) is 7.00. The summed E-state index contributed by atoms with van der Waals surface area (Å²) in [5, 5.41) is 2.95. The van der Waals surface area contributed by atoms with Crippen LogP contribution in [0.3, 0.4) is 0 Å². The fourth-order valence-electron chi connectivity index (χ4n) is 3.68. The third-order valence-corrected chi connectivity index (χ3v) is 5.16. The first kappa shape index (κ1) is 14.7. The van der Waals surface area contributed by atoms with E-state index in [1.807, 2.05) is 30.3 Å². The van der Waals surface area contributed by atoms with Crippen LogP contribution in [0.4, 0.5) is 0 Å². The van der Waals surface area contributed by atoms with E-state index in [0.29, 0.717) is 19.5 Å². The first-order valence-electron chi connectivity index (χ1n) is 8.58. The van der Waals surface area contributed by atoms with Gasteiger partial charge in [0.2, 0.25) is 11.8 Å².